The minimum absolute atomic E-state index is 0.0547. The fraction of sp³-hybridized carbons (Fsp3) is 0.100. The van der Waals surface area contributed by atoms with Gasteiger partial charge >= 0.3 is 82.6 Å². The van der Waals surface area contributed by atoms with Crippen molar-refractivity contribution in [3.05, 3.63) is 30.5 Å². The van der Waals surface area contributed by atoms with Gasteiger partial charge in [0.2, 0.25) is 0 Å². The van der Waals surface area contributed by atoms with Gasteiger partial charge < -0.3 is 0 Å². The summed E-state index contributed by atoms with van der Waals surface area (Å²) in [6, 6.07) is 8.18. The van der Waals surface area contributed by atoms with Crippen LogP contribution in [0.4, 0.5) is 0 Å². The summed E-state index contributed by atoms with van der Waals surface area (Å²) in [5.74, 6) is 0. The summed E-state index contributed by atoms with van der Waals surface area (Å²) in [6.45, 7) is 0. The van der Waals surface area contributed by atoms with Gasteiger partial charge in [0.05, 0.1) is 0 Å². The molecule has 0 spiro atoms. The molecule has 0 atom stereocenters. The minimum atomic E-state index is -0.0547. The molecule has 13 heavy (non-hydrogen) atoms. The topological polar surface area (TPSA) is 28.7 Å². The van der Waals surface area contributed by atoms with Crippen molar-refractivity contribution in [3.63, 3.8) is 0 Å². The van der Waals surface area contributed by atoms with Gasteiger partial charge in [0, 0.05) is 0 Å². The molecule has 64 valence electrons. The monoisotopic (exact) mass is 236 g/mol. The van der Waals surface area contributed by atoms with Gasteiger partial charge in [-0.3, -0.25) is 0 Å². The predicted molar refractivity (Wildman–Crippen MR) is 53.9 cm³/mol. The summed E-state index contributed by atoms with van der Waals surface area (Å²) in [6.07, 6.45) is 2.05. The molecule has 1 aromatic heterocycles. The van der Waals surface area contributed by atoms with Crippen LogP contribution in [0.2, 0.25) is 0 Å². The molecular weight excluding hydrogens is 227 g/mol. The number of nitriles is 1. The van der Waals surface area contributed by atoms with Gasteiger partial charge in [0.15, 0.2) is 0 Å². The van der Waals surface area contributed by atoms with E-state index in [1.54, 1.807) is 0 Å². The van der Waals surface area contributed by atoms with Gasteiger partial charge in [0.25, 0.3) is 0 Å². The molecule has 0 saturated heterocycles. The van der Waals surface area contributed by atoms with Gasteiger partial charge in [-0.1, -0.05) is 0 Å². The second kappa shape index (κ2) is 3.26. The van der Waals surface area contributed by atoms with E-state index in [2.05, 4.69) is 21.7 Å². The number of rotatable bonds is 1. The third kappa shape index (κ3) is 1.35. The third-order valence-corrected chi connectivity index (χ3v) is 3.35. The quantitative estimate of drug-likeness (QED) is 0.677. The van der Waals surface area contributed by atoms with E-state index in [1.807, 2.05) is 25.4 Å². The Kier molecular flexibility index (Phi) is 2.10. The van der Waals surface area contributed by atoms with E-state index in [0.29, 0.717) is 0 Å². The summed E-state index contributed by atoms with van der Waals surface area (Å²) in [5.41, 5.74) is 1.20. The normalized spacial score (nSPS) is 10.2. The van der Waals surface area contributed by atoms with Gasteiger partial charge in [-0.25, -0.2) is 0 Å². The summed E-state index contributed by atoms with van der Waals surface area (Å²) in [7, 11) is 2.01. The van der Waals surface area contributed by atoms with Gasteiger partial charge in [0.1, 0.15) is 0 Å². The average Bonchev–Trinajstić information content (AvgIpc) is 2.46. The first-order chi connectivity index (χ1) is 6.33. The first-order valence-electron chi connectivity index (χ1n) is 3.93. The maximum absolute atomic E-state index is 8.66. The molecule has 1 heterocycles. The first kappa shape index (κ1) is 8.37. The van der Waals surface area contributed by atoms with Crippen LogP contribution in [0.5, 0.6) is 0 Å². The molecule has 0 unspecified atom stereocenters. The molecule has 0 radical (unpaired) electrons. The number of aromatic nitrogens is 1. The van der Waals surface area contributed by atoms with Gasteiger partial charge in [-0.15, -0.1) is 0 Å². The molecule has 2 nitrogen and oxygen atoms in total. The van der Waals surface area contributed by atoms with Crippen molar-refractivity contribution < 1.29 is 0 Å². The molecule has 3 heteroatoms. The SMILES string of the molecule is Cn1cc([Se]C#N)c2ccccc21. The molecule has 0 amide bonds. The zero-order valence-electron chi connectivity index (χ0n) is 7.19. The van der Waals surface area contributed by atoms with Gasteiger partial charge in [-0.05, 0) is 0 Å². The summed E-state index contributed by atoms with van der Waals surface area (Å²) >= 11 is -0.0547. The molecule has 0 aliphatic carbocycles. The first-order valence-corrected chi connectivity index (χ1v) is 5.64. The van der Waals surface area contributed by atoms with Crippen molar-refractivity contribution in [1.29, 1.82) is 5.26 Å². The van der Waals surface area contributed by atoms with Crippen LogP contribution >= 0.6 is 0 Å². The molecule has 0 aliphatic heterocycles. The number of nitrogens with zero attached hydrogens (tertiary/aromatic N) is 2. The molecule has 2 rings (SSSR count). The Balaban J connectivity index is 2.72. The van der Waals surface area contributed by atoms with Crippen LogP contribution in [0.3, 0.4) is 0 Å². The van der Waals surface area contributed by atoms with Crippen LogP contribution < -0.4 is 4.46 Å². The predicted octanol–water partition coefficient (Wildman–Crippen LogP) is 0.989. The standard InChI is InChI=1S/C10H8N2Se/c1-12-6-10(13-7-11)8-4-2-3-5-9(8)12/h2-6H,1H3. The fourth-order valence-electron chi connectivity index (χ4n) is 1.44. The number of benzene rings is 1. The molecular formula is C10H8N2Se. The maximum atomic E-state index is 8.66. The molecule has 1 aromatic carbocycles. The fourth-order valence-corrected chi connectivity index (χ4v) is 2.68. The van der Waals surface area contributed by atoms with Crippen LogP contribution in [0, 0.1) is 10.2 Å². The van der Waals surface area contributed by atoms with Crippen LogP contribution in [0.1, 0.15) is 0 Å². The Bertz CT molecular complexity index is 479. The zero-order valence-corrected chi connectivity index (χ0v) is 8.90. The third-order valence-electron chi connectivity index (χ3n) is 2.02. The van der Waals surface area contributed by atoms with Crippen molar-refractivity contribution >= 4 is 30.3 Å². The molecule has 0 N–H and O–H groups in total. The Morgan fingerprint density at radius 1 is 1.38 bits per heavy atom. The second-order valence-corrected chi connectivity index (χ2v) is 4.55. The summed E-state index contributed by atoms with van der Waals surface area (Å²) < 4.78 is 3.25. The Hall–Kier alpha value is -1.23. The number of aryl methyl sites for hydroxylation is 1. The van der Waals surface area contributed by atoms with E-state index < -0.39 is 0 Å². The van der Waals surface area contributed by atoms with Crippen molar-refractivity contribution in [1.82, 2.24) is 4.57 Å². The summed E-state index contributed by atoms with van der Waals surface area (Å²) in [5, 5.41) is 9.87. The second-order valence-electron chi connectivity index (χ2n) is 2.81. The van der Waals surface area contributed by atoms with Crippen molar-refractivity contribution in [2.45, 2.75) is 0 Å². The zero-order chi connectivity index (χ0) is 9.26. The molecule has 2 aromatic rings. The Labute approximate surface area is 82.9 Å². The van der Waals surface area contributed by atoms with Crippen molar-refractivity contribution in [2.75, 3.05) is 0 Å². The van der Waals surface area contributed by atoms with Crippen LogP contribution in [0.25, 0.3) is 10.9 Å². The van der Waals surface area contributed by atoms with E-state index in [0.717, 1.165) is 0 Å². The molecule has 0 saturated carbocycles. The van der Waals surface area contributed by atoms with E-state index in [1.165, 1.54) is 15.4 Å². The molecule has 0 aliphatic rings. The number of hydrogen-bond acceptors (Lipinski definition) is 1. The van der Waals surface area contributed by atoms with E-state index in [4.69, 9.17) is 5.26 Å². The van der Waals surface area contributed by atoms with E-state index in [-0.39, 0.29) is 15.0 Å². The van der Waals surface area contributed by atoms with Crippen molar-refractivity contribution in [2.24, 2.45) is 7.05 Å². The van der Waals surface area contributed by atoms with E-state index in [9.17, 15) is 0 Å². The Morgan fingerprint density at radius 2 is 2.15 bits per heavy atom. The van der Waals surface area contributed by atoms with Crippen LogP contribution in [0.15, 0.2) is 30.5 Å². The Morgan fingerprint density at radius 3 is 2.92 bits per heavy atom. The molecule has 0 fully saturated rings. The van der Waals surface area contributed by atoms with Gasteiger partial charge in [-0.2, -0.15) is 0 Å². The van der Waals surface area contributed by atoms with E-state index >= 15 is 0 Å². The van der Waals surface area contributed by atoms with Crippen LogP contribution in [-0.2, 0) is 7.05 Å². The number of hydrogen-bond donors (Lipinski definition) is 0. The van der Waals surface area contributed by atoms with Crippen LogP contribution in [-0.4, -0.2) is 19.5 Å². The number of para-hydroxylation sites is 1. The molecule has 0 bridgehead atoms. The number of fused-ring (bicyclic) bond motifs is 1. The summed E-state index contributed by atoms with van der Waals surface area (Å²) in [4.78, 5) is 2.24. The average molecular weight is 235 g/mol. The van der Waals surface area contributed by atoms with Crippen molar-refractivity contribution in [3.8, 4) is 4.97 Å².